The van der Waals surface area contributed by atoms with Gasteiger partial charge in [0.25, 0.3) is 5.91 Å². The molecular weight excluding hydrogens is 345 g/mol. The first-order valence-electron chi connectivity index (χ1n) is 8.02. The second-order valence-corrected chi connectivity index (χ2v) is 6.05. The fraction of sp³-hybridized carbons (Fsp3) is 0.316. The molecule has 4 nitrogen and oxygen atoms in total. The van der Waals surface area contributed by atoms with Gasteiger partial charge in [0.1, 0.15) is 6.61 Å². The van der Waals surface area contributed by atoms with E-state index in [1.807, 2.05) is 31.1 Å². The standard InChI is InChI=1S/C19H21F3N2O2/c1-24(2)17-5-3-4-16(10-17)18(25)23-11-14-6-8-15(9-7-14)12-26-13-19(20,21)22/h3-10H,11-13H2,1-2H3,(H,23,25). The molecule has 0 aliphatic rings. The third-order valence-corrected chi connectivity index (χ3v) is 3.64. The van der Waals surface area contributed by atoms with Crippen LogP contribution in [0.1, 0.15) is 21.5 Å². The fourth-order valence-corrected chi connectivity index (χ4v) is 2.25. The fourth-order valence-electron chi connectivity index (χ4n) is 2.25. The van der Waals surface area contributed by atoms with Gasteiger partial charge in [-0.15, -0.1) is 0 Å². The minimum atomic E-state index is -4.33. The van der Waals surface area contributed by atoms with Crippen LogP contribution in [0.25, 0.3) is 0 Å². The van der Waals surface area contributed by atoms with E-state index in [9.17, 15) is 18.0 Å². The minimum absolute atomic E-state index is 0.108. The predicted octanol–water partition coefficient (Wildman–Crippen LogP) is 3.76. The van der Waals surface area contributed by atoms with Crippen LogP contribution in [0.15, 0.2) is 48.5 Å². The van der Waals surface area contributed by atoms with Gasteiger partial charge in [0.15, 0.2) is 0 Å². The predicted molar refractivity (Wildman–Crippen MR) is 94.1 cm³/mol. The molecule has 7 heteroatoms. The second kappa shape index (κ2) is 8.71. The highest BCUT2D eigenvalue weighted by Crippen LogP contribution is 2.16. The lowest BCUT2D eigenvalue weighted by molar-refractivity contribution is -0.176. The Kier molecular flexibility index (Phi) is 6.63. The van der Waals surface area contributed by atoms with Gasteiger partial charge in [-0.1, -0.05) is 30.3 Å². The number of ether oxygens (including phenoxy) is 1. The van der Waals surface area contributed by atoms with Crippen molar-refractivity contribution < 1.29 is 22.7 Å². The molecule has 0 heterocycles. The summed E-state index contributed by atoms with van der Waals surface area (Å²) in [5.41, 5.74) is 2.99. The van der Waals surface area contributed by atoms with Crippen LogP contribution in [0.3, 0.4) is 0 Å². The van der Waals surface area contributed by atoms with Crippen LogP contribution in [-0.2, 0) is 17.9 Å². The highest BCUT2D eigenvalue weighted by Gasteiger charge is 2.27. The van der Waals surface area contributed by atoms with Gasteiger partial charge in [-0.3, -0.25) is 4.79 Å². The van der Waals surface area contributed by atoms with E-state index in [0.717, 1.165) is 11.3 Å². The molecule has 2 aromatic rings. The van der Waals surface area contributed by atoms with Gasteiger partial charge in [-0.25, -0.2) is 0 Å². The number of amides is 1. The summed E-state index contributed by atoms with van der Waals surface area (Å²) < 4.78 is 40.7. The number of hydrogen-bond acceptors (Lipinski definition) is 3. The van der Waals surface area contributed by atoms with Crippen molar-refractivity contribution in [3.63, 3.8) is 0 Å². The van der Waals surface area contributed by atoms with E-state index in [1.54, 1.807) is 36.4 Å². The normalized spacial score (nSPS) is 11.3. The molecule has 0 aliphatic carbocycles. The van der Waals surface area contributed by atoms with E-state index < -0.39 is 12.8 Å². The second-order valence-electron chi connectivity index (χ2n) is 6.05. The van der Waals surface area contributed by atoms with Crippen LogP contribution in [0.5, 0.6) is 0 Å². The smallest absolute Gasteiger partial charge is 0.378 e. The molecule has 1 N–H and O–H groups in total. The molecule has 0 atom stereocenters. The molecule has 0 saturated heterocycles. The van der Waals surface area contributed by atoms with Gasteiger partial charge in [0.2, 0.25) is 0 Å². The summed E-state index contributed by atoms with van der Waals surface area (Å²) >= 11 is 0. The minimum Gasteiger partial charge on any atom is -0.378 e. The van der Waals surface area contributed by atoms with E-state index in [2.05, 4.69) is 10.1 Å². The topological polar surface area (TPSA) is 41.6 Å². The zero-order valence-electron chi connectivity index (χ0n) is 14.6. The maximum atomic E-state index is 12.2. The van der Waals surface area contributed by atoms with Crippen molar-refractivity contribution in [2.45, 2.75) is 19.3 Å². The molecule has 2 aromatic carbocycles. The van der Waals surface area contributed by atoms with E-state index in [1.165, 1.54) is 0 Å². The van der Waals surface area contributed by atoms with Crippen molar-refractivity contribution >= 4 is 11.6 Å². The summed E-state index contributed by atoms with van der Waals surface area (Å²) in [5, 5.41) is 2.83. The zero-order chi connectivity index (χ0) is 19.2. The largest absolute Gasteiger partial charge is 0.411 e. The molecule has 0 saturated carbocycles. The lowest BCUT2D eigenvalue weighted by atomic mass is 10.1. The van der Waals surface area contributed by atoms with E-state index in [4.69, 9.17) is 0 Å². The number of carbonyl (C=O) groups excluding carboxylic acids is 1. The molecule has 0 radical (unpaired) electrons. The average molecular weight is 366 g/mol. The number of nitrogens with zero attached hydrogens (tertiary/aromatic N) is 1. The molecule has 0 fully saturated rings. The first-order valence-corrected chi connectivity index (χ1v) is 8.02. The molecule has 1 amide bonds. The Morgan fingerprint density at radius 3 is 2.35 bits per heavy atom. The number of hydrogen-bond donors (Lipinski definition) is 1. The lowest BCUT2D eigenvalue weighted by Gasteiger charge is -2.13. The Hall–Kier alpha value is -2.54. The molecule has 140 valence electrons. The number of rotatable bonds is 7. The molecule has 0 aliphatic heterocycles. The lowest BCUT2D eigenvalue weighted by Crippen LogP contribution is -2.23. The average Bonchev–Trinajstić information content (AvgIpc) is 2.60. The SMILES string of the molecule is CN(C)c1cccc(C(=O)NCc2ccc(COCC(F)(F)F)cc2)c1. The van der Waals surface area contributed by atoms with Gasteiger partial charge in [-0.05, 0) is 29.3 Å². The molecule has 2 rings (SSSR count). The number of carbonyl (C=O) groups is 1. The molecule has 0 bridgehead atoms. The Morgan fingerprint density at radius 1 is 1.08 bits per heavy atom. The molecule has 0 unspecified atom stereocenters. The van der Waals surface area contributed by atoms with Crippen LogP contribution in [-0.4, -0.2) is 32.8 Å². The highest BCUT2D eigenvalue weighted by atomic mass is 19.4. The number of halogens is 3. The summed E-state index contributed by atoms with van der Waals surface area (Å²) in [4.78, 5) is 14.2. The Morgan fingerprint density at radius 2 is 1.73 bits per heavy atom. The Balaban J connectivity index is 1.85. The third kappa shape index (κ3) is 6.40. The van der Waals surface area contributed by atoms with Crippen molar-refractivity contribution in [2.75, 3.05) is 25.6 Å². The molecular formula is C19H21F3N2O2. The van der Waals surface area contributed by atoms with Crippen LogP contribution in [0.4, 0.5) is 18.9 Å². The molecule has 26 heavy (non-hydrogen) atoms. The Labute approximate surface area is 150 Å². The monoisotopic (exact) mass is 366 g/mol. The maximum absolute atomic E-state index is 12.2. The summed E-state index contributed by atoms with van der Waals surface area (Å²) in [7, 11) is 3.80. The van der Waals surface area contributed by atoms with E-state index >= 15 is 0 Å². The summed E-state index contributed by atoms with van der Waals surface area (Å²) in [6.45, 7) is -1.05. The summed E-state index contributed by atoms with van der Waals surface area (Å²) in [6.07, 6.45) is -4.33. The first kappa shape index (κ1) is 19.8. The van der Waals surface area contributed by atoms with Crippen molar-refractivity contribution in [1.29, 1.82) is 0 Å². The maximum Gasteiger partial charge on any atom is 0.411 e. The molecule has 0 spiro atoms. The molecule has 0 aromatic heterocycles. The van der Waals surface area contributed by atoms with Crippen molar-refractivity contribution in [1.82, 2.24) is 5.32 Å². The van der Waals surface area contributed by atoms with E-state index in [-0.39, 0.29) is 12.5 Å². The van der Waals surface area contributed by atoms with Crippen LogP contribution in [0, 0.1) is 0 Å². The quantitative estimate of drug-likeness (QED) is 0.811. The van der Waals surface area contributed by atoms with Crippen LogP contribution < -0.4 is 10.2 Å². The van der Waals surface area contributed by atoms with E-state index in [0.29, 0.717) is 17.7 Å². The van der Waals surface area contributed by atoms with Gasteiger partial charge in [0.05, 0.1) is 6.61 Å². The number of nitrogens with one attached hydrogen (secondary N) is 1. The van der Waals surface area contributed by atoms with Gasteiger partial charge in [0, 0.05) is 31.9 Å². The van der Waals surface area contributed by atoms with Gasteiger partial charge in [-0.2, -0.15) is 13.2 Å². The van der Waals surface area contributed by atoms with Crippen LogP contribution >= 0.6 is 0 Å². The van der Waals surface area contributed by atoms with Crippen molar-refractivity contribution in [3.8, 4) is 0 Å². The zero-order valence-corrected chi connectivity index (χ0v) is 14.6. The highest BCUT2D eigenvalue weighted by molar-refractivity contribution is 5.95. The Bertz CT molecular complexity index is 728. The van der Waals surface area contributed by atoms with Crippen LogP contribution in [0.2, 0.25) is 0 Å². The number of alkyl halides is 3. The van der Waals surface area contributed by atoms with Gasteiger partial charge >= 0.3 is 6.18 Å². The third-order valence-electron chi connectivity index (χ3n) is 3.64. The van der Waals surface area contributed by atoms with Gasteiger partial charge < -0.3 is 15.0 Å². The first-order chi connectivity index (χ1) is 12.2. The van der Waals surface area contributed by atoms with Crippen molar-refractivity contribution in [3.05, 3.63) is 65.2 Å². The summed E-state index contributed by atoms with van der Waals surface area (Å²) in [6, 6.07) is 14.1. The summed E-state index contributed by atoms with van der Waals surface area (Å²) in [5.74, 6) is -0.189. The number of anilines is 1. The van der Waals surface area contributed by atoms with Crippen molar-refractivity contribution in [2.24, 2.45) is 0 Å². The number of benzene rings is 2.